The Labute approximate surface area is 213 Å². The van der Waals surface area contributed by atoms with Crippen LogP contribution in [-0.2, 0) is 0 Å². The molecule has 0 saturated carbocycles. The Morgan fingerprint density at radius 2 is 1.17 bits per heavy atom. The maximum atomic E-state index is 10.1. The van der Waals surface area contributed by atoms with Gasteiger partial charge in [0, 0.05) is 12.0 Å². The van der Waals surface area contributed by atoms with Crippen LogP contribution in [0.2, 0.25) is 0 Å². The van der Waals surface area contributed by atoms with Crippen molar-refractivity contribution < 1.29 is 14.6 Å². The number of rotatable bonds is 21. The Hall–Kier alpha value is -2.14. The molecule has 2 rings (SSSR count). The third-order valence-corrected chi connectivity index (χ3v) is 6.33. The molecule has 1 atom stereocenters. The highest BCUT2D eigenvalue weighted by Crippen LogP contribution is 2.21. The van der Waals surface area contributed by atoms with Crippen LogP contribution in [0.25, 0.3) is 11.4 Å². The summed E-state index contributed by atoms with van der Waals surface area (Å²) in [5.41, 5.74) is 0.930. The Morgan fingerprint density at radius 1 is 0.657 bits per heavy atom. The zero-order valence-corrected chi connectivity index (χ0v) is 22.2. The summed E-state index contributed by atoms with van der Waals surface area (Å²) in [4.78, 5) is 8.79. The fourth-order valence-corrected chi connectivity index (χ4v) is 4.14. The SMILES string of the molecule is CCCCCCCCCCCCOc1ccc(-c2ncc(OC(O)CCCCCCC)cn2)cc1. The van der Waals surface area contributed by atoms with Crippen molar-refractivity contribution in [2.45, 2.75) is 123 Å². The van der Waals surface area contributed by atoms with E-state index in [1.165, 1.54) is 77.0 Å². The molecule has 0 aliphatic carbocycles. The summed E-state index contributed by atoms with van der Waals surface area (Å²) in [5, 5.41) is 10.1. The number of hydrogen-bond acceptors (Lipinski definition) is 5. The fourth-order valence-electron chi connectivity index (χ4n) is 4.14. The summed E-state index contributed by atoms with van der Waals surface area (Å²) in [7, 11) is 0. The first kappa shape index (κ1) is 29.1. The fraction of sp³-hybridized carbons (Fsp3) is 0.667. The average Bonchev–Trinajstić information content (AvgIpc) is 2.88. The zero-order chi connectivity index (χ0) is 25.0. The Balaban J connectivity index is 1.60. The quantitative estimate of drug-likeness (QED) is 0.142. The van der Waals surface area contributed by atoms with E-state index >= 15 is 0 Å². The zero-order valence-electron chi connectivity index (χ0n) is 22.2. The number of nitrogens with zero attached hydrogens (tertiary/aromatic N) is 2. The van der Waals surface area contributed by atoms with Crippen LogP contribution >= 0.6 is 0 Å². The van der Waals surface area contributed by atoms with Crippen molar-refractivity contribution in [3.8, 4) is 22.9 Å². The van der Waals surface area contributed by atoms with Crippen LogP contribution in [0.15, 0.2) is 36.7 Å². The number of ether oxygens (including phenoxy) is 2. The van der Waals surface area contributed by atoms with Gasteiger partial charge in [0.05, 0.1) is 19.0 Å². The summed E-state index contributed by atoms with van der Waals surface area (Å²) < 4.78 is 11.4. The lowest BCUT2D eigenvalue weighted by molar-refractivity contribution is -0.0250. The average molecular weight is 485 g/mol. The molecule has 5 heteroatoms. The third kappa shape index (κ3) is 13.5. The van der Waals surface area contributed by atoms with E-state index in [0.29, 0.717) is 18.0 Å². The highest BCUT2D eigenvalue weighted by atomic mass is 16.6. The van der Waals surface area contributed by atoms with Gasteiger partial charge in [0.15, 0.2) is 17.9 Å². The van der Waals surface area contributed by atoms with E-state index in [1.807, 2.05) is 24.3 Å². The Bertz CT molecular complexity index is 749. The second-order valence-corrected chi connectivity index (χ2v) is 9.57. The normalized spacial score (nSPS) is 12.0. The topological polar surface area (TPSA) is 64.5 Å². The molecule has 35 heavy (non-hydrogen) atoms. The minimum atomic E-state index is -0.807. The second-order valence-electron chi connectivity index (χ2n) is 9.57. The highest BCUT2D eigenvalue weighted by molar-refractivity contribution is 5.56. The molecule has 1 unspecified atom stereocenters. The van der Waals surface area contributed by atoms with Crippen LogP contribution in [0.3, 0.4) is 0 Å². The minimum Gasteiger partial charge on any atom is -0.494 e. The van der Waals surface area contributed by atoms with Gasteiger partial charge in [-0.05, 0) is 37.1 Å². The molecule has 196 valence electrons. The van der Waals surface area contributed by atoms with Crippen molar-refractivity contribution in [1.29, 1.82) is 0 Å². The maximum Gasteiger partial charge on any atom is 0.197 e. The lowest BCUT2D eigenvalue weighted by Crippen LogP contribution is -2.15. The Kier molecular flexibility index (Phi) is 15.9. The van der Waals surface area contributed by atoms with Crippen molar-refractivity contribution in [3.05, 3.63) is 36.7 Å². The molecule has 0 amide bonds. The van der Waals surface area contributed by atoms with Crippen LogP contribution in [0, 0.1) is 0 Å². The van der Waals surface area contributed by atoms with Crippen molar-refractivity contribution in [1.82, 2.24) is 9.97 Å². The molecule has 0 aliphatic rings. The highest BCUT2D eigenvalue weighted by Gasteiger charge is 2.08. The molecule has 1 aromatic carbocycles. The van der Waals surface area contributed by atoms with Crippen molar-refractivity contribution in [3.63, 3.8) is 0 Å². The van der Waals surface area contributed by atoms with Crippen molar-refractivity contribution in [2.24, 2.45) is 0 Å². The van der Waals surface area contributed by atoms with Gasteiger partial charge < -0.3 is 14.6 Å². The minimum absolute atomic E-state index is 0.492. The van der Waals surface area contributed by atoms with Crippen LogP contribution in [0.4, 0.5) is 0 Å². The van der Waals surface area contributed by atoms with E-state index < -0.39 is 6.29 Å². The predicted octanol–water partition coefficient (Wildman–Crippen LogP) is 8.50. The van der Waals surface area contributed by atoms with Crippen molar-refractivity contribution in [2.75, 3.05) is 6.61 Å². The predicted molar refractivity (Wildman–Crippen MR) is 145 cm³/mol. The molecule has 0 saturated heterocycles. The van der Waals surface area contributed by atoms with E-state index in [9.17, 15) is 5.11 Å². The van der Waals surface area contributed by atoms with Gasteiger partial charge in [0.1, 0.15) is 5.75 Å². The monoisotopic (exact) mass is 484 g/mol. The van der Waals surface area contributed by atoms with Crippen LogP contribution in [0.1, 0.15) is 117 Å². The standard InChI is InChI=1S/C30H48N2O3/c1-3-5-7-9-10-11-12-13-15-17-23-34-27-21-19-26(20-22-27)30-31-24-28(25-32-30)35-29(33)18-16-14-8-6-4-2/h19-22,24-25,29,33H,3-18,23H2,1-2H3. The lowest BCUT2D eigenvalue weighted by Gasteiger charge is -2.13. The summed E-state index contributed by atoms with van der Waals surface area (Å²) >= 11 is 0. The molecule has 0 aliphatic heterocycles. The number of aromatic nitrogens is 2. The number of aliphatic hydroxyl groups is 1. The number of aliphatic hydroxyl groups excluding tert-OH is 1. The van der Waals surface area contributed by atoms with Gasteiger partial charge in [-0.3, -0.25) is 0 Å². The molecule has 0 bridgehead atoms. The first-order chi connectivity index (χ1) is 17.2. The van der Waals surface area contributed by atoms with Crippen molar-refractivity contribution >= 4 is 0 Å². The largest absolute Gasteiger partial charge is 0.494 e. The molecule has 5 nitrogen and oxygen atoms in total. The first-order valence-corrected chi connectivity index (χ1v) is 14.1. The summed E-state index contributed by atoms with van der Waals surface area (Å²) in [6.45, 7) is 5.23. The molecule has 2 aromatic rings. The molecule has 0 radical (unpaired) electrons. The first-order valence-electron chi connectivity index (χ1n) is 14.1. The third-order valence-electron chi connectivity index (χ3n) is 6.33. The van der Waals surface area contributed by atoms with E-state index in [0.717, 1.165) is 37.2 Å². The summed E-state index contributed by atoms with van der Waals surface area (Å²) in [6.07, 6.45) is 22.1. The number of unbranched alkanes of at least 4 members (excludes halogenated alkanes) is 13. The lowest BCUT2D eigenvalue weighted by atomic mass is 10.1. The second kappa shape index (κ2) is 19.1. The molecule has 0 fully saturated rings. The van der Waals surface area contributed by atoms with E-state index in [2.05, 4.69) is 23.8 Å². The molecule has 1 heterocycles. The van der Waals surface area contributed by atoms with Crippen LogP contribution in [-0.4, -0.2) is 28.0 Å². The molecular weight excluding hydrogens is 436 g/mol. The van der Waals surface area contributed by atoms with Gasteiger partial charge >= 0.3 is 0 Å². The van der Waals surface area contributed by atoms with Gasteiger partial charge in [-0.15, -0.1) is 0 Å². The molecule has 1 aromatic heterocycles. The van der Waals surface area contributed by atoms with Crippen LogP contribution < -0.4 is 9.47 Å². The summed E-state index contributed by atoms with van der Waals surface area (Å²) in [5.74, 6) is 2.01. The van der Waals surface area contributed by atoms with Gasteiger partial charge in [0.2, 0.25) is 0 Å². The van der Waals surface area contributed by atoms with E-state index in [-0.39, 0.29) is 0 Å². The Morgan fingerprint density at radius 3 is 1.74 bits per heavy atom. The van der Waals surface area contributed by atoms with Gasteiger partial charge in [0.25, 0.3) is 0 Å². The molecule has 0 spiro atoms. The number of hydrogen-bond donors (Lipinski definition) is 1. The maximum absolute atomic E-state index is 10.1. The van der Waals surface area contributed by atoms with Gasteiger partial charge in [-0.1, -0.05) is 97.3 Å². The van der Waals surface area contributed by atoms with Gasteiger partial charge in [-0.2, -0.15) is 0 Å². The van der Waals surface area contributed by atoms with Crippen LogP contribution in [0.5, 0.6) is 11.5 Å². The van der Waals surface area contributed by atoms with Gasteiger partial charge in [-0.25, -0.2) is 9.97 Å². The smallest absolute Gasteiger partial charge is 0.197 e. The molecule has 1 N–H and O–H groups in total. The van der Waals surface area contributed by atoms with E-state index in [1.54, 1.807) is 12.4 Å². The molecular formula is C30H48N2O3. The number of benzene rings is 1. The van der Waals surface area contributed by atoms with E-state index in [4.69, 9.17) is 9.47 Å². The summed E-state index contributed by atoms with van der Waals surface area (Å²) in [6, 6.07) is 7.91.